The van der Waals surface area contributed by atoms with Gasteiger partial charge in [0.05, 0.1) is 16.1 Å². The summed E-state index contributed by atoms with van der Waals surface area (Å²) in [5.41, 5.74) is 0.608. The van der Waals surface area contributed by atoms with Crippen LogP contribution in [0, 0.1) is 5.92 Å². The molecule has 0 aliphatic carbocycles. The smallest absolute Gasteiger partial charge is 0.341 e. The summed E-state index contributed by atoms with van der Waals surface area (Å²) in [5, 5.41) is 5.34. The average molecular weight is 410 g/mol. The van der Waals surface area contributed by atoms with Crippen molar-refractivity contribution in [2.45, 2.75) is 24.5 Å². The maximum atomic E-state index is 12.6. The molecule has 0 unspecified atom stereocenters. The average Bonchev–Trinajstić information content (AvgIpc) is 2.66. The molecule has 0 spiro atoms. The van der Waals surface area contributed by atoms with Crippen LogP contribution in [0.4, 0.5) is 14.5 Å². The first-order valence-electron chi connectivity index (χ1n) is 8.43. The molecule has 0 saturated carbocycles. The topological polar surface area (TPSA) is 92.3 Å². The van der Waals surface area contributed by atoms with Crippen LogP contribution >= 0.6 is 0 Å². The van der Waals surface area contributed by atoms with E-state index >= 15 is 0 Å². The highest BCUT2D eigenvalue weighted by Gasteiger charge is 2.26. The number of carbonyl (C=O) groups excluding carboxylic acids is 2. The summed E-state index contributed by atoms with van der Waals surface area (Å²) in [6.45, 7) is 4.37. The number of hydrogen-bond acceptors (Lipinski definition) is 4. The van der Waals surface area contributed by atoms with E-state index in [1.54, 1.807) is 24.3 Å². The highest BCUT2D eigenvalue weighted by atomic mass is 32.2. The lowest BCUT2D eigenvalue weighted by molar-refractivity contribution is 0.0950. The van der Waals surface area contributed by atoms with Gasteiger partial charge in [-0.2, -0.15) is 8.78 Å². The molecule has 2 rings (SSSR count). The molecule has 2 aromatic carbocycles. The van der Waals surface area contributed by atoms with Crippen molar-refractivity contribution in [1.82, 2.24) is 5.32 Å². The first-order valence-corrected chi connectivity index (χ1v) is 9.98. The maximum Gasteiger partial charge on any atom is 0.341 e. The molecule has 0 fully saturated rings. The van der Waals surface area contributed by atoms with Gasteiger partial charge in [-0.3, -0.25) is 9.59 Å². The molecule has 0 radical (unpaired) electrons. The highest BCUT2D eigenvalue weighted by molar-refractivity contribution is 7.91. The standard InChI is InChI=1S/C19H20F2N2O4S/c1-12(2)11-22-18(25)15-5-3-4-6-16(15)23-17(24)13-7-9-14(10-8-13)28(26,27)19(20)21/h3-10,12,19H,11H2,1-2H3,(H,22,25)(H,23,24). The third kappa shape index (κ3) is 5.13. The molecule has 150 valence electrons. The number of sulfone groups is 1. The summed E-state index contributed by atoms with van der Waals surface area (Å²) in [6, 6.07) is 10.6. The number of anilines is 1. The van der Waals surface area contributed by atoms with Gasteiger partial charge in [0.25, 0.3) is 11.8 Å². The predicted molar refractivity (Wildman–Crippen MR) is 101 cm³/mol. The van der Waals surface area contributed by atoms with Crippen molar-refractivity contribution >= 4 is 27.3 Å². The van der Waals surface area contributed by atoms with E-state index in [0.29, 0.717) is 6.54 Å². The minimum Gasteiger partial charge on any atom is -0.352 e. The molecule has 0 aromatic heterocycles. The van der Waals surface area contributed by atoms with Gasteiger partial charge in [-0.15, -0.1) is 0 Å². The van der Waals surface area contributed by atoms with Gasteiger partial charge in [0, 0.05) is 12.1 Å². The Balaban J connectivity index is 2.19. The molecule has 2 aromatic rings. The van der Waals surface area contributed by atoms with Crippen molar-refractivity contribution in [3.63, 3.8) is 0 Å². The van der Waals surface area contributed by atoms with E-state index in [9.17, 15) is 26.8 Å². The third-order valence-electron chi connectivity index (χ3n) is 3.77. The van der Waals surface area contributed by atoms with Crippen LogP contribution in [-0.4, -0.2) is 32.5 Å². The highest BCUT2D eigenvalue weighted by Crippen LogP contribution is 2.20. The van der Waals surface area contributed by atoms with Gasteiger partial charge in [-0.25, -0.2) is 8.42 Å². The SMILES string of the molecule is CC(C)CNC(=O)c1ccccc1NC(=O)c1ccc(S(=O)(=O)C(F)F)cc1. The molecule has 9 heteroatoms. The second kappa shape index (κ2) is 8.92. The number of carbonyl (C=O) groups is 2. The zero-order chi connectivity index (χ0) is 20.9. The quantitative estimate of drug-likeness (QED) is 0.732. The number of amides is 2. The Hall–Kier alpha value is -2.81. The van der Waals surface area contributed by atoms with Gasteiger partial charge in [-0.1, -0.05) is 26.0 Å². The number of nitrogens with one attached hydrogen (secondary N) is 2. The van der Waals surface area contributed by atoms with Gasteiger partial charge in [0.15, 0.2) is 0 Å². The van der Waals surface area contributed by atoms with Crippen LogP contribution in [0.1, 0.15) is 34.6 Å². The molecular formula is C19H20F2N2O4S. The number of hydrogen-bond donors (Lipinski definition) is 2. The third-order valence-corrected chi connectivity index (χ3v) is 5.17. The summed E-state index contributed by atoms with van der Waals surface area (Å²) < 4.78 is 48.0. The van der Waals surface area contributed by atoms with Crippen molar-refractivity contribution < 1.29 is 26.8 Å². The second-order valence-electron chi connectivity index (χ2n) is 6.43. The van der Waals surface area contributed by atoms with Crippen LogP contribution in [0.5, 0.6) is 0 Å². The van der Waals surface area contributed by atoms with Gasteiger partial charge < -0.3 is 10.6 Å². The Bertz CT molecular complexity index is 958. The largest absolute Gasteiger partial charge is 0.352 e. The molecule has 2 amide bonds. The zero-order valence-corrected chi connectivity index (χ0v) is 16.1. The predicted octanol–water partition coefficient (Wildman–Crippen LogP) is 3.32. The molecule has 0 aliphatic heterocycles. The Kier molecular flexibility index (Phi) is 6.85. The summed E-state index contributed by atoms with van der Waals surface area (Å²) in [5.74, 6) is -4.23. The zero-order valence-electron chi connectivity index (χ0n) is 15.3. The fourth-order valence-electron chi connectivity index (χ4n) is 2.28. The maximum absolute atomic E-state index is 12.6. The molecule has 0 aliphatic rings. The van der Waals surface area contributed by atoms with Gasteiger partial charge >= 0.3 is 5.76 Å². The number of alkyl halides is 2. The van der Waals surface area contributed by atoms with Crippen LogP contribution in [0.25, 0.3) is 0 Å². The fraction of sp³-hybridized carbons (Fsp3) is 0.263. The van der Waals surface area contributed by atoms with E-state index in [2.05, 4.69) is 10.6 Å². The van der Waals surface area contributed by atoms with Crippen LogP contribution in [0.15, 0.2) is 53.4 Å². The Morgan fingerprint density at radius 2 is 1.57 bits per heavy atom. The first kappa shape index (κ1) is 21.5. The minimum atomic E-state index is -4.73. The van der Waals surface area contributed by atoms with Gasteiger partial charge in [0.1, 0.15) is 0 Å². The van der Waals surface area contributed by atoms with E-state index < -0.39 is 26.4 Å². The van der Waals surface area contributed by atoms with Crippen molar-refractivity contribution in [2.24, 2.45) is 5.92 Å². The van der Waals surface area contributed by atoms with E-state index in [4.69, 9.17) is 0 Å². The lowest BCUT2D eigenvalue weighted by Crippen LogP contribution is -2.28. The normalized spacial score (nSPS) is 11.5. The van der Waals surface area contributed by atoms with Crippen LogP contribution in [0.2, 0.25) is 0 Å². The Morgan fingerprint density at radius 3 is 2.14 bits per heavy atom. The number of para-hydroxylation sites is 1. The van der Waals surface area contributed by atoms with Crippen molar-refractivity contribution in [3.05, 3.63) is 59.7 Å². The van der Waals surface area contributed by atoms with Gasteiger partial charge in [0.2, 0.25) is 9.84 Å². The van der Waals surface area contributed by atoms with Crippen molar-refractivity contribution in [2.75, 3.05) is 11.9 Å². The lowest BCUT2D eigenvalue weighted by atomic mass is 10.1. The number of halogens is 2. The van der Waals surface area contributed by atoms with Crippen LogP contribution in [-0.2, 0) is 9.84 Å². The number of benzene rings is 2. The van der Waals surface area contributed by atoms with E-state index in [0.717, 1.165) is 24.3 Å². The molecule has 0 atom stereocenters. The van der Waals surface area contributed by atoms with E-state index in [1.165, 1.54) is 0 Å². The monoisotopic (exact) mass is 410 g/mol. The molecule has 6 nitrogen and oxygen atoms in total. The molecule has 0 saturated heterocycles. The molecule has 0 heterocycles. The molecular weight excluding hydrogens is 390 g/mol. The second-order valence-corrected chi connectivity index (χ2v) is 8.35. The van der Waals surface area contributed by atoms with Crippen molar-refractivity contribution in [1.29, 1.82) is 0 Å². The van der Waals surface area contributed by atoms with Gasteiger partial charge in [-0.05, 0) is 42.3 Å². The lowest BCUT2D eigenvalue weighted by Gasteiger charge is -2.12. The van der Waals surface area contributed by atoms with Crippen LogP contribution in [0.3, 0.4) is 0 Å². The van der Waals surface area contributed by atoms with E-state index in [1.807, 2.05) is 13.8 Å². The van der Waals surface area contributed by atoms with Crippen LogP contribution < -0.4 is 10.6 Å². The summed E-state index contributed by atoms with van der Waals surface area (Å²) in [7, 11) is -4.73. The minimum absolute atomic E-state index is 0.0607. The summed E-state index contributed by atoms with van der Waals surface area (Å²) in [4.78, 5) is 24.1. The number of rotatable bonds is 7. The van der Waals surface area contributed by atoms with Crippen molar-refractivity contribution in [3.8, 4) is 0 Å². The molecule has 28 heavy (non-hydrogen) atoms. The van der Waals surface area contributed by atoms with E-state index in [-0.39, 0.29) is 28.6 Å². The first-order chi connectivity index (χ1) is 13.1. The Labute approximate surface area is 161 Å². The fourth-order valence-corrected chi connectivity index (χ4v) is 3.00. The Morgan fingerprint density at radius 1 is 0.964 bits per heavy atom. The summed E-state index contributed by atoms with van der Waals surface area (Å²) in [6.07, 6.45) is 0. The molecule has 2 N–H and O–H groups in total. The summed E-state index contributed by atoms with van der Waals surface area (Å²) >= 11 is 0. The molecule has 0 bridgehead atoms.